The molecule has 29 heavy (non-hydrogen) atoms. The molecule has 2 heterocycles. The molecule has 5 nitrogen and oxygen atoms in total. The number of thioether (sulfide) groups is 1. The Morgan fingerprint density at radius 1 is 1.14 bits per heavy atom. The molecule has 1 aliphatic carbocycles. The number of carbonyl (C=O) groups is 3. The molecule has 0 bridgehead atoms. The summed E-state index contributed by atoms with van der Waals surface area (Å²) in [5.74, 6) is -0.636. The standard InChI is InChI=1S/C23H24N2O3S/c1-15-12-18(16(2)25(15)19-10-6-7-11-19)13-21-22(27)24(23(28)29-21)14-20(26)17-8-4-3-5-9-17/h3-5,8-9,12-13,19H,6-7,10-11,14H2,1-2H3/b21-13-. The third-order valence-electron chi connectivity index (χ3n) is 5.77. The van der Waals surface area contributed by atoms with Crippen LogP contribution in [0.4, 0.5) is 4.79 Å². The Labute approximate surface area is 174 Å². The lowest BCUT2D eigenvalue weighted by molar-refractivity contribution is -0.122. The van der Waals surface area contributed by atoms with E-state index < -0.39 is 11.1 Å². The summed E-state index contributed by atoms with van der Waals surface area (Å²) in [4.78, 5) is 39.0. The number of imide groups is 1. The molecule has 150 valence electrons. The van der Waals surface area contributed by atoms with Crippen molar-refractivity contribution in [3.63, 3.8) is 0 Å². The first-order valence-corrected chi connectivity index (χ1v) is 10.8. The van der Waals surface area contributed by atoms with E-state index in [9.17, 15) is 14.4 Å². The number of rotatable bonds is 5. The molecule has 2 aromatic rings. The number of aromatic nitrogens is 1. The first kappa shape index (κ1) is 19.7. The van der Waals surface area contributed by atoms with Gasteiger partial charge in [-0.05, 0) is 56.2 Å². The van der Waals surface area contributed by atoms with Gasteiger partial charge in [-0.2, -0.15) is 0 Å². The van der Waals surface area contributed by atoms with Crippen molar-refractivity contribution in [2.75, 3.05) is 6.54 Å². The number of hydrogen-bond acceptors (Lipinski definition) is 4. The molecule has 1 aliphatic heterocycles. The number of aryl methyl sites for hydroxylation is 1. The van der Waals surface area contributed by atoms with E-state index >= 15 is 0 Å². The van der Waals surface area contributed by atoms with Crippen LogP contribution in [0, 0.1) is 13.8 Å². The van der Waals surface area contributed by atoms with E-state index in [0.717, 1.165) is 27.9 Å². The van der Waals surface area contributed by atoms with Gasteiger partial charge in [0.2, 0.25) is 0 Å². The maximum Gasteiger partial charge on any atom is 0.293 e. The molecule has 1 saturated carbocycles. The first-order valence-electron chi connectivity index (χ1n) is 9.97. The molecule has 6 heteroatoms. The van der Waals surface area contributed by atoms with E-state index in [1.54, 1.807) is 30.3 Å². The normalized spacial score (nSPS) is 19.0. The van der Waals surface area contributed by atoms with Crippen LogP contribution in [0.2, 0.25) is 0 Å². The van der Waals surface area contributed by atoms with Crippen LogP contribution in [-0.2, 0) is 4.79 Å². The van der Waals surface area contributed by atoms with Crippen LogP contribution in [0.5, 0.6) is 0 Å². The Balaban J connectivity index is 1.55. The molecular formula is C23H24N2O3S. The fourth-order valence-electron chi connectivity index (χ4n) is 4.31. The first-order chi connectivity index (χ1) is 14.0. The van der Waals surface area contributed by atoms with E-state index in [1.165, 1.54) is 31.4 Å². The summed E-state index contributed by atoms with van der Waals surface area (Å²) in [5.41, 5.74) is 3.77. The van der Waals surface area contributed by atoms with E-state index in [4.69, 9.17) is 0 Å². The summed E-state index contributed by atoms with van der Waals surface area (Å²) in [6.45, 7) is 3.93. The minimum atomic E-state index is -0.394. The van der Waals surface area contributed by atoms with Gasteiger partial charge in [0.1, 0.15) is 0 Å². The summed E-state index contributed by atoms with van der Waals surface area (Å²) in [6, 6.07) is 11.3. The van der Waals surface area contributed by atoms with Crippen LogP contribution in [0.1, 0.15) is 59.0 Å². The zero-order valence-electron chi connectivity index (χ0n) is 16.7. The van der Waals surface area contributed by atoms with Gasteiger partial charge in [0.25, 0.3) is 11.1 Å². The summed E-state index contributed by atoms with van der Waals surface area (Å²) in [5, 5.41) is -0.393. The average molecular weight is 409 g/mol. The highest BCUT2D eigenvalue weighted by Gasteiger charge is 2.36. The minimum Gasteiger partial charge on any atom is -0.346 e. The number of nitrogens with zero attached hydrogens (tertiary/aromatic N) is 2. The summed E-state index contributed by atoms with van der Waals surface area (Å²) < 4.78 is 2.36. The maximum absolute atomic E-state index is 12.8. The van der Waals surface area contributed by atoms with Gasteiger partial charge in [0.15, 0.2) is 5.78 Å². The van der Waals surface area contributed by atoms with Gasteiger partial charge in [-0.1, -0.05) is 43.2 Å². The molecule has 2 aliphatic rings. The summed E-state index contributed by atoms with van der Waals surface area (Å²) >= 11 is 0.907. The average Bonchev–Trinajstić information content (AvgIpc) is 3.39. The van der Waals surface area contributed by atoms with Gasteiger partial charge < -0.3 is 4.57 Å². The Kier molecular flexibility index (Phi) is 5.46. The Hall–Kier alpha value is -2.60. The van der Waals surface area contributed by atoms with Crippen LogP contribution in [0.15, 0.2) is 41.3 Å². The fraction of sp³-hybridized carbons (Fsp3) is 0.348. The lowest BCUT2D eigenvalue weighted by Crippen LogP contribution is -2.33. The summed E-state index contributed by atoms with van der Waals surface area (Å²) in [6.07, 6.45) is 6.68. The van der Waals surface area contributed by atoms with Crippen molar-refractivity contribution in [1.82, 2.24) is 9.47 Å². The lowest BCUT2D eigenvalue weighted by Gasteiger charge is -2.17. The zero-order chi connectivity index (χ0) is 20.5. The number of benzene rings is 1. The molecule has 4 rings (SSSR count). The quantitative estimate of drug-likeness (QED) is 0.508. The van der Waals surface area contributed by atoms with Crippen molar-refractivity contribution in [3.05, 3.63) is 63.8 Å². The molecule has 0 N–H and O–H groups in total. The van der Waals surface area contributed by atoms with Crippen molar-refractivity contribution in [2.24, 2.45) is 0 Å². The number of Topliss-reactive ketones (excluding diaryl/α,β-unsaturated/α-hetero) is 1. The number of ketones is 1. The molecule has 0 atom stereocenters. The SMILES string of the molecule is Cc1cc(/C=C2\SC(=O)N(CC(=O)c3ccccc3)C2=O)c(C)n1C1CCCC1. The number of hydrogen-bond donors (Lipinski definition) is 0. The van der Waals surface area contributed by atoms with Crippen molar-refractivity contribution in [2.45, 2.75) is 45.6 Å². The second-order valence-corrected chi connectivity index (χ2v) is 8.69. The van der Waals surface area contributed by atoms with Crippen molar-refractivity contribution < 1.29 is 14.4 Å². The third-order valence-corrected chi connectivity index (χ3v) is 6.68. The highest BCUT2D eigenvalue weighted by atomic mass is 32.2. The van der Waals surface area contributed by atoms with Crippen molar-refractivity contribution in [1.29, 1.82) is 0 Å². The molecule has 1 aromatic carbocycles. The number of amides is 2. The molecule has 1 saturated heterocycles. The van der Waals surface area contributed by atoms with Gasteiger partial charge in [-0.15, -0.1) is 0 Å². The Bertz CT molecular complexity index is 1000. The lowest BCUT2D eigenvalue weighted by atomic mass is 10.1. The second kappa shape index (κ2) is 8.03. The predicted molar refractivity (Wildman–Crippen MR) is 115 cm³/mol. The second-order valence-electron chi connectivity index (χ2n) is 7.69. The van der Waals surface area contributed by atoms with Crippen molar-refractivity contribution in [3.8, 4) is 0 Å². The smallest absolute Gasteiger partial charge is 0.293 e. The van der Waals surface area contributed by atoms with Gasteiger partial charge in [-0.25, -0.2) is 0 Å². The van der Waals surface area contributed by atoms with Crippen LogP contribution < -0.4 is 0 Å². The van der Waals surface area contributed by atoms with Crippen molar-refractivity contribution >= 4 is 34.8 Å². The maximum atomic E-state index is 12.8. The van der Waals surface area contributed by atoms with Crippen LogP contribution in [-0.4, -0.2) is 32.9 Å². The molecule has 2 amide bonds. The molecule has 0 radical (unpaired) electrons. The Morgan fingerprint density at radius 2 is 1.83 bits per heavy atom. The molecule has 0 spiro atoms. The number of carbonyl (C=O) groups excluding carboxylic acids is 3. The molecule has 2 fully saturated rings. The zero-order valence-corrected chi connectivity index (χ0v) is 17.5. The largest absolute Gasteiger partial charge is 0.346 e. The van der Waals surface area contributed by atoms with Gasteiger partial charge in [-0.3, -0.25) is 19.3 Å². The van der Waals surface area contributed by atoms with Gasteiger partial charge in [0.05, 0.1) is 11.4 Å². The predicted octanol–water partition coefficient (Wildman–Crippen LogP) is 5.14. The highest BCUT2D eigenvalue weighted by Crippen LogP contribution is 2.36. The monoisotopic (exact) mass is 408 g/mol. The fourth-order valence-corrected chi connectivity index (χ4v) is 5.14. The molecule has 0 unspecified atom stereocenters. The van der Waals surface area contributed by atoms with E-state index in [1.807, 2.05) is 6.07 Å². The van der Waals surface area contributed by atoms with Gasteiger partial charge >= 0.3 is 0 Å². The summed E-state index contributed by atoms with van der Waals surface area (Å²) in [7, 11) is 0. The Morgan fingerprint density at radius 3 is 2.52 bits per heavy atom. The van der Waals surface area contributed by atoms with E-state index in [0.29, 0.717) is 16.5 Å². The van der Waals surface area contributed by atoms with Crippen LogP contribution >= 0.6 is 11.8 Å². The van der Waals surface area contributed by atoms with Crippen LogP contribution in [0.3, 0.4) is 0 Å². The van der Waals surface area contributed by atoms with E-state index in [2.05, 4.69) is 24.5 Å². The van der Waals surface area contributed by atoms with Crippen LogP contribution in [0.25, 0.3) is 6.08 Å². The third kappa shape index (κ3) is 3.81. The molecular weight excluding hydrogens is 384 g/mol. The molecule has 1 aromatic heterocycles. The van der Waals surface area contributed by atoms with Gasteiger partial charge in [0, 0.05) is 23.0 Å². The minimum absolute atomic E-state index is 0.229. The topological polar surface area (TPSA) is 59.4 Å². The van der Waals surface area contributed by atoms with E-state index in [-0.39, 0.29) is 12.3 Å². The highest BCUT2D eigenvalue weighted by molar-refractivity contribution is 8.18.